The molecule has 0 amide bonds. The van der Waals surface area contributed by atoms with E-state index < -0.39 is 23.3 Å². The SMILES string of the molecule is C=C(C)C(=O)OCC(C)(C)COC(=O)C(=C)C.C=CC(=O)O. The van der Waals surface area contributed by atoms with Gasteiger partial charge in [0.1, 0.15) is 0 Å². The van der Waals surface area contributed by atoms with Crippen molar-refractivity contribution in [1.82, 2.24) is 0 Å². The molecule has 0 aromatic rings. The van der Waals surface area contributed by atoms with Gasteiger partial charge in [-0.15, -0.1) is 0 Å². The number of carboxylic acid groups (broad SMARTS) is 1. The minimum atomic E-state index is -0.981. The first-order valence-electron chi connectivity index (χ1n) is 6.43. The van der Waals surface area contributed by atoms with Crippen LogP contribution in [0, 0.1) is 5.41 Å². The van der Waals surface area contributed by atoms with Gasteiger partial charge in [-0.3, -0.25) is 0 Å². The molecule has 0 spiro atoms. The Bertz CT molecular complexity index is 427. The number of carboxylic acids is 1. The number of esters is 2. The Kier molecular flexibility index (Phi) is 10.3. The maximum atomic E-state index is 11.2. The van der Waals surface area contributed by atoms with Gasteiger partial charge in [-0.1, -0.05) is 33.6 Å². The summed E-state index contributed by atoms with van der Waals surface area (Å²) in [6, 6.07) is 0. The minimum Gasteiger partial charge on any atom is -0.478 e. The summed E-state index contributed by atoms with van der Waals surface area (Å²) in [5.41, 5.74) is 0.260. The van der Waals surface area contributed by atoms with Gasteiger partial charge in [0.05, 0.1) is 13.2 Å². The highest BCUT2D eigenvalue weighted by Gasteiger charge is 2.23. The molecule has 0 aliphatic heterocycles. The molecule has 0 saturated carbocycles. The lowest BCUT2D eigenvalue weighted by atomic mass is 9.96. The van der Waals surface area contributed by atoms with Crippen molar-refractivity contribution >= 4 is 17.9 Å². The van der Waals surface area contributed by atoms with Gasteiger partial charge >= 0.3 is 17.9 Å². The zero-order chi connectivity index (χ0) is 17.9. The summed E-state index contributed by atoms with van der Waals surface area (Å²) in [6.45, 7) is 17.1. The largest absolute Gasteiger partial charge is 0.478 e. The maximum absolute atomic E-state index is 11.2. The Morgan fingerprint density at radius 2 is 1.27 bits per heavy atom. The monoisotopic (exact) mass is 312 g/mol. The molecule has 0 bridgehead atoms. The van der Waals surface area contributed by atoms with Crippen LogP contribution in [0.25, 0.3) is 0 Å². The topological polar surface area (TPSA) is 89.9 Å². The lowest BCUT2D eigenvalue weighted by molar-refractivity contribution is -0.147. The molecule has 0 aliphatic carbocycles. The van der Waals surface area contributed by atoms with Gasteiger partial charge in [0.25, 0.3) is 0 Å². The van der Waals surface area contributed by atoms with E-state index in [4.69, 9.17) is 14.6 Å². The molecule has 0 atom stereocenters. The summed E-state index contributed by atoms with van der Waals surface area (Å²) < 4.78 is 10.0. The summed E-state index contributed by atoms with van der Waals surface area (Å²) in [5.74, 6) is -1.86. The fraction of sp³-hybridized carbons (Fsp3) is 0.438. The first-order valence-corrected chi connectivity index (χ1v) is 6.43. The van der Waals surface area contributed by atoms with Crippen molar-refractivity contribution in [2.75, 3.05) is 13.2 Å². The third-order valence-electron chi connectivity index (χ3n) is 2.06. The zero-order valence-electron chi connectivity index (χ0n) is 13.6. The quantitative estimate of drug-likeness (QED) is 0.574. The first-order chi connectivity index (χ1) is 9.92. The van der Waals surface area contributed by atoms with Crippen molar-refractivity contribution < 1.29 is 29.0 Å². The van der Waals surface area contributed by atoms with Crippen LogP contribution in [0.5, 0.6) is 0 Å². The molecule has 0 aliphatic rings. The number of ether oxygens (including phenoxy) is 2. The second kappa shape index (κ2) is 10.4. The predicted octanol–water partition coefficient (Wildman–Crippen LogP) is 2.51. The Hall–Kier alpha value is -2.37. The lowest BCUT2D eigenvalue weighted by Crippen LogP contribution is -2.28. The van der Waals surface area contributed by atoms with E-state index in [0.717, 1.165) is 6.08 Å². The van der Waals surface area contributed by atoms with Gasteiger partial charge in [0, 0.05) is 22.6 Å². The fourth-order valence-corrected chi connectivity index (χ4v) is 0.810. The maximum Gasteiger partial charge on any atom is 0.333 e. The number of hydrogen-bond acceptors (Lipinski definition) is 5. The number of rotatable bonds is 7. The second-order valence-corrected chi connectivity index (χ2v) is 5.42. The highest BCUT2D eigenvalue weighted by Crippen LogP contribution is 2.17. The molecule has 0 fully saturated rings. The van der Waals surface area contributed by atoms with Crippen molar-refractivity contribution in [3.05, 3.63) is 37.0 Å². The van der Waals surface area contributed by atoms with Gasteiger partial charge in [-0.25, -0.2) is 14.4 Å². The Balaban J connectivity index is 0. The van der Waals surface area contributed by atoms with Gasteiger partial charge in [0.2, 0.25) is 0 Å². The third-order valence-corrected chi connectivity index (χ3v) is 2.06. The molecule has 0 rings (SSSR count). The zero-order valence-corrected chi connectivity index (χ0v) is 13.6. The Morgan fingerprint density at radius 1 is 1.00 bits per heavy atom. The van der Waals surface area contributed by atoms with E-state index in [1.807, 2.05) is 13.8 Å². The van der Waals surface area contributed by atoms with Crippen LogP contribution in [0.15, 0.2) is 37.0 Å². The molecular weight excluding hydrogens is 288 g/mol. The van der Waals surface area contributed by atoms with E-state index in [1.165, 1.54) is 0 Å². The summed E-state index contributed by atoms with van der Waals surface area (Å²) >= 11 is 0. The smallest absolute Gasteiger partial charge is 0.333 e. The van der Waals surface area contributed by atoms with Crippen molar-refractivity contribution in [3.8, 4) is 0 Å². The van der Waals surface area contributed by atoms with E-state index >= 15 is 0 Å². The molecule has 0 radical (unpaired) electrons. The van der Waals surface area contributed by atoms with Crippen molar-refractivity contribution in [3.63, 3.8) is 0 Å². The number of aliphatic carboxylic acids is 1. The molecule has 0 unspecified atom stereocenters. The molecular formula is C16H24O6. The minimum absolute atomic E-state index is 0.169. The molecule has 0 saturated heterocycles. The number of carbonyl (C=O) groups excluding carboxylic acids is 2. The first kappa shape index (κ1) is 21.9. The van der Waals surface area contributed by atoms with E-state index in [2.05, 4.69) is 19.7 Å². The standard InChI is InChI=1S/C13H20O4.C3H4O2/c1-9(2)11(14)16-7-13(5,6)8-17-12(15)10(3)4;1-2-3(4)5/h1,3,7-8H2,2,4-6H3;2H,1H2,(H,4,5). The molecule has 124 valence electrons. The van der Waals surface area contributed by atoms with Gasteiger partial charge in [-0.2, -0.15) is 0 Å². The summed E-state index contributed by atoms with van der Waals surface area (Å²) in [7, 11) is 0. The summed E-state index contributed by atoms with van der Waals surface area (Å²) in [4.78, 5) is 31.6. The Morgan fingerprint density at radius 3 is 1.45 bits per heavy atom. The van der Waals surface area contributed by atoms with E-state index in [1.54, 1.807) is 13.8 Å². The van der Waals surface area contributed by atoms with Crippen LogP contribution in [-0.4, -0.2) is 36.2 Å². The fourth-order valence-electron chi connectivity index (χ4n) is 0.810. The van der Waals surface area contributed by atoms with E-state index in [0.29, 0.717) is 11.1 Å². The van der Waals surface area contributed by atoms with Crippen LogP contribution >= 0.6 is 0 Å². The predicted molar refractivity (Wildman–Crippen MR) is 83.2 cm³/mol. The van der Waals surface area contributed by atoms with Crippen LogP contribution in [-0.2, 0) is 23.9 Å². The normalized spacial score (nSPS) is 9.64. The number of carbonyl (C=O) groups is 3. The molecule has 0 aromatic carbocycles. The number of hydrogen-bond donors (Lipinski definition) is 1. The summed E-state index contributed by atoms with van der Waals surface area (Å²) in [5, 5.41) is 7.60. The molecule has 6 heteroatoms. The van der Waals surface area contributed by atoms with Crippen molar-refractivity contribution in [2.45, 2.75) is 27.7 Å². The average Bonchev–Trinajstić information content (AvgIpc) is 2.42. The highest BCUT2D eigenvalue weighted by molar-refractivity contribution is 5.87. The van der Waals surface area contributed by atoms with Gasteiger partial charge in [0.15, 0.2) is 0 Å². The van der Waals surface area contributed by atoms with Crippen LogP contribution in [0.2, 0.25) is 0 Å². The van der Waals surface area contributed by atoms with E-state index in [-0.39, 0.29) is 13.2 Å². The second-order valence-electron chi connectivity index (χ2n) is 5.42. The van der Waals surface area contributed by atoms with Crippen LogP contribution in [0.3, 0.4) is 0 Å². The average molecular weight is 312 g/mol. The Labute approximate surface area is 131 Å². The van der Waals surface area contributed by atoms with Crippen LogP contribution in [0.1, 0.15) is 27.7 Å². The molecule has 6 nitrogen and oxygen atoms in total. The molecule has 0 heterocycles. The van der Waals surface area contributed by atoms with Crippen LogP contribution in [0.4, 0.5) is 0 Å². The lowest BCUT2D eigenvalue weighted by Gasteiger charge is -2.23. The third kappa shape index (κ3) is 12.7. The van der Waals surface area contributed by atoms with Crippen molar-refractivity contribution in [1.29, 1.82) is 0 Å². The van der Waals surface area contributed by atoms with Gasteiger partial charge in [-0.05, 0) is 13.8 Å². The van der Waals surface area contributed by atoms with E-state index in [9.17, 15) is 14.4 Å². The van der Waals surface area contributed by atoms with Gasteiger partial charge < -0.3 is 14.6 Å². The molecule has 1 N–H and O–H groups in total. The van der Waals surface area contributed by atoms with Crippen molar-refractivity contribution in [2.24, 2.45) is 5.41 Å². The molecule has 0 aromatic heterocycles. The van der Waals surface area contributed by atoms with Crippen LogP contribution < -0.4 is 0 Å². The highest BCUT2D eigenvalue weighted by atomic mass is 16.5. The summed E-state index contributed by atoms with van der Waals surface area (Å²) in [6.07, 6.45) is 0.833. The molecule has 22 heavy (non-hydrogen) atoms.